The van der Waals surface area contributed by atoms with Gasteiger partial charge in [0.2, 0.25) is 12.2 Å². The molecular formula is C31H31N3O11. The van der Waals surface area contributed by atoms with E-state index in [1.165, 1.54) is 37.6 Å². The molecule has 0 radical (unpaired) electrons. The molecular weight excluding hydrogens is 590 g/mol. The minimum Gasteiger partial charge on any atom is -0.505 e. The lowest BCUT2D eigenvalue weighted by molar-refractivity contribution is -0.304. The molecule has 0 bridgehead atoms. The number of aryl methyl sites for hydroxylation is 1. The van der Waals surface area contributed by atoms with E-state index in [2.05, 4.69) is 10.3 Å². The molecule has 1 fully saturated rings. The summed E-state index contributed by atoms with van der Waals surface area (Å²) in [5, 5.41) is 24.4. The molecule has 1 saturated heterocycles. The molecule has 2 aromatic heterocycles. The Balaban J connectivity index is 1.39. The molecule has 3 heterocycles. The van der Waals surface area contributed by atoms with Crippen molar-refractivity contribution in [1.29, 1.82) is 0 Å². The van der Waals surface area contributed by atoms with Crippen LogP contribution in [0.4, 0.5) is 10.5 Å². The lowest BCUT2D eigenvalue weighted by Gasteiger charge is -2.47. The summed E-state index contributed by atoms with van der Waals surface area (Å²) in [5.41, 5.74) is 2.94. The van der Waals surface area contributed by atoms with E-state index in [0.717, 1.165) is 0 Å². The Labute approximate surface area is 256 Å². The van der Waals surface area contributed by atoms with Crippen molar-refractivity contribution in [2.45, 2.75) is 51.0 Å². The van der Waals surface area contributed by atoms with Crippen molar-refractivity contribution in [3.63, 3.8) is 0 Å². The van der Waals surface area contributed by atoms with Crippen LogP contribution in [0.3, 0.4) is 0 Å². The zero-order valence-corrected chi connectivity index (χ0v) is 24.7. The fourth-order valence-electron chi connectivity index (χ4n) is 5.07. The van der Waals surface area contributed by atoms with Crippen LogP contribution in [0.1, 0.15) is 29.8 Å². The zero-order valence-electron chi connectivity index (χ0n) is 24.7. The van der Waals surface area contributed by atoms with Gasteiger partial charge in [-0.1, -0.05) is 18.2 Å². The van der Waals surface area contributed by atoms with Gasteiger partial charge in [-0.2, -0.15) is 0 Å². The number of fused-ring (bicyclic) bond motifs is 1. The van der Waals surface area contributed by atoms with E-state index >= 15 is 0 Å². The summed E-state index contributed by atoms with van der Waals surface area (Å²) in [6.45, 7) is 4.87. The number of pyridine rings is 1. The maximum atomic E-state index is 13.0. The Hall–Kier alpha value is -5.18. The topological polar surface area (TPSA) is 202 Å². The van der Waals surface area contributed by atoms with Gasteiger partial charge in [-0.15, -0.1) is 0 Å². The lowest BCUT2D eigenvalue weighted by atomic mass is 9.89. The van der Waals surface area contributed by atoms with E-state index in [1.807, 2.05) is 6.07 Å². The summed E-state index contributed by atoms with van der Waals surface area (Å²) in [5.74, 6) is -0.472. The maximum Gasteiger partial charge on any atom is 0.404 e. The van der Waals surface area contributed by atoms with Crippen molar-refractivity contribution < 1.29 is 47.9 Å². The monoisotopic (exact) mass is 621 g/mol. The average Bonchev–Trinajstić information content (AvgIpc) is 2.99. The number of benzene rings is 2. The molecule has 14 heteroatoms. The van der Waals surface area contributed by atoms with Gasteiger partial charge in [-0.05, 0) is 51.1 Å². The number of nitrogens with two attached hydrogens (primary N) is 1. The van der Waals surface area contributed by atoms with E-state index in [-0.39, 0.29) is 33.7 Å². The summed E-state index contributed by atoms with van der Waals surface area (Å²) in [4.78, 5) is 41.6. The number of hydrogen-bond acceptors (Lipinski definition) is 12. The van der Waals surface area contributed by atoms with Gasteiger partial charge < -0.3 is 49.4 Å². The second kappa shape index (κ2) is 12.4. The summed E-state index contributed by atoms with van der Waals surface area (Å²) >= 11 is 0. The second-order valence-corrected chi connectivity index (χ2v) is 10.7. The van der Waals surface area contributed by atoms with Crippen LogP contribution < -0.4 is 26.1 Å². The number of ether oxygens (including phenoxy) is 5. The third-order valence-corrected chi connectivity index (χ3v) is 7.22. The van der Waals surface area contributed by atoms with Gasteiger partial charge in [-0.3, -0.25) is 4.79 Å². The fraction of sp³-hybridized carbons (Fsp3) is 0.290. The molecule has 0 aliphatic carbocycles. The van der Waals surface area contributed by atoms with Gasteiger partial charge in [0.15, 0.2) is 23.6 Å². The number of aliphatic hydroxyl groups is 1. The van der Waals surface area contributed by atoms with Crippen molar-refractivity contribution in [1.82, 2.24) is 4.98 Å². The number of aromatic hydroxyl groups is 1. The lowest BCUT2D eigenvalue weighted by Crippen LogP contribution is -2.65. The standard InChI is InChI=1S/C31H31N3O11/c1-15-19(42-29-23(36)25(44-30(32)39)26(40-4)31(2,3)45-29)11-10-18-22(35)21(28(38)43-24(15)18)34-27(37)16-12-13-33-20(14-16)41-17-8-6-5-7-9-17/h5-14,23,25-26,29,35-36H,1-4H3,(H2,32,39)(H,34,37)/t23-,25+,26-,29-/m1/s1. The van der Waals surface area contributed by atoms with Gasteiger partial charge in [0.1, 0.15) is 23.2 Å². The molecule has 4 atom stereocenters. The first-order valence-electron chi connectivity index (χ1n) is 13.7. The first-order chi connectivity index (χ1) is 21.4. The fourth-order valence-corrected chi connectivity index (χ4v) is 5.07. The van der Waals surface area contributed by atoms with Crippen LogP contribution in [0.15, 0.2) is 70.0 Å². The Bertz CT molecular complexity index is 1790. The Morgan fingerprint density at radius 1 is 1.11 bits per heavy atom. The van der Waals surface area contributed by atoms with Gasteiger partial charge in [0.25, 0.3) is 5.91 Å². The summed E-state index contributed by atoms with van der Waals surface area (Å²) in [6, 6.07) is 14.5. The van der Waals surface area contributed by atoms with Crippen LogP contribution in [0.2, 0.25) is 0 Å². The SMILES string of the molecule is CO[C@@H]1[C@@H](OC(N)=O)[C@@H](O)[C@H](Oc2ccc3c(O)c(NC(=O)c4ccnc(Oc5ccccc5)c4)c(=O)oc3c2C)OC1(C)C. The number of nitrogens with zero attached hydrogens (tertiary/aromatic N) is 1. The molecule has 4 aromatic rings. The maximum absolute atomic E-state index is 13.0. The smallest absolute Gasteiger partial charge is 0.404 e. The van der Waals surface area contributed by atoms with Gasteiger partial charge >= 0.3 is 11.7 Å². The molecule has 0 unspecified atom stereocenters. The van der Waals surface area contributed by atoms with E-state index in [4.69, 9.17) is 33.8 Å². The normalized spacial score (nSPS) is 20.7. The zero-order chi connectivity index (χ0) is 32.5. The van der Waals surface area contributed by atoms with E-state index in [0.29, 0.717) is 5.75 Å². The van der Waals surface area contributed by atoms with Crippen molar-refractivity contribution in [3.05, 3.63) is 82.3 Å². The summed E-state index contributed by atoms with van der Waals surface area (Å²) in [7, 11) is 1.37. The summed E-state index contributed by atoms with van der Waals surface area (Å²) < 4.78 is 33.6. The van der Waals surface area contributed by atoms with Crippen LogP contribution in [0.5, 0.6) is 23.1 Å². The first kappa shape index (κ1) is 31.3. The average molecular weight is 622 g/mol. The summed E-state index contributed by atoms with van der Waals surface area (Å²) in [6.07, 6.45) is -4.73. The molecule has 5 N–H and O–H groups in total. The van der Waals surface area contributed by atoms with E-state index < -0.39 is 59.3 Å². The highest BCUT2D eigenvalue weighted by Gasteiger charge is 2.53. The third kappa shape index (κ3) is 6.38. The number of amides is 2. The number of nitrogens with one attached hydrogen (secondary N) is 1. The van der Waals surface area contributed by atoms with E-state index in [1.54, 1.807) is 45.0 Å². The number of primary amides is 1. The van der Waals surface area contributed by atoms with Crippen LogP contribution in [-0.4, -0.2) is 64.5 Å². The number of methoxy groups -OCH3 is 1. The number of rotatable bonds is 8. The van der Waals surface area contributed by atoms with Gasteiger partial charge in [0.05, 0.1) is 11.0 Å². The van der Waals surface area contributed by atoms with Crippen molar-refractivity contribution in [2.75, 3.05) is 12.4 Å². The van der Waals surface area contributed by atoms with Crippen LogP contribution in [0.25, 0.3) is 11.0 Å². The van der Waals surface area contributed by atoms with Crippen LogP contribution in [0, 0.1) is 6.92 Å². The van der Waals surface area contributed by atoms with Crippen molar-refractivity contribution in [3.8, 4) is 23.1 Å². The highest BCUT2D eigenvalue weighted by atomic mass is 16.7. The third-order valence-electron chi connectivity index (χ3n) is 7.22. The van der Waals surface area contributed by atoms with E-state index in [9.17, 15) is 24.6 Å². The number of carbonyl (C=O) groups is 2. The van der Waals surface area contributed by atoms with Gasteiger partial charge in [0, 0.05) is 30.5 Å². The Kier molecular flexibility index (Phi) is 8.64. The van der Waals surface area contributed by atoms with Crippen molar-refractivity contribution in [2.24, 2.45) is 5.73 Å². The number of hydrogen-bond donors (Lipinski definition) is 4. The molecule has 236 valence electrons. The molecule has 0 spiro atoms. The quantitative estimate of drug-likeness (QED) is 0.209. The highest BCUT2D eigenvalue weighted by Crippen LogP contribution is 2.38. The number of anilines is 1. The molecule has 1 aliphatic heterocycles. The Morgan fingerprint density at radius 2 is 1.84 bits per heavy atom. The van der Waals surface area contributed by atoms with Gasteiger partial charge in [-0.25, -0.2) is 14.6 Å². The minimum absolute atomic E-state index is 0.0419. The molecule has 5 rings (SSSR count). The minimum atomic E-state index is -1.52. The second-order valence-electron chi connectivity index (χ2n) is 10.7. The Morgan fingerprint density at radius 3 is 2.53 bits per heavy atom. The first-order valence-corrected chi connectivity index (χ1v) is 13.7. The van der Waals surface area contributed by atoms with Crippen molar-refractivity contribution >= 4 is 28.7 Å². The molecule has 14 nitrogen and oxygen atoms in total. The number of aromatic nitrogens is 1. The largest absolute Gasteiger partial charge is 0.505 e. The molecule has 1 aliphatic rings. The molecule has 45 heavy (non-hydrogen) atoms. The molecule has 2 amide bonds. The molecule has 2 aromatic carbocycles. The number of carbonyl (C=O) groups excluding carboxylic acids is 2. The predicted octanol–water partition coefficient (Wildman–Crippen LogP) is 3.60. The molecule has 0 saturated carbocycles. The van der Waals surface area contributed by atoms with Crippen LogP contribution in [-0.2, 0) is 14.2 Å². The number of para-hydroxylation sites is 1. The predicted molar refractivity (Wildman–Crippen MR) is 158 cm³/mol. The van der Waals surface area contributed by atoms with Crippen LogP contribution >= 0.6 is 0 Å². The number of aliphatic hydroxyl groups excluding tert-OH is 1. The highest BCUT2D eigenvalue weighted by molar-refractivity contribution is 6.06.